The maximum absolute atomic E-state index is 13.3. The molecule has 0 spiro atoms. The van der Waals surface area contributed by atoms with E-state index in [0.717, 1.165) is 18.4 Å². The SMILES string of the molecule is O=C(NCC(=O)N(Cc1cccc(F)c1)C1CC1)c1ccccc1. The van der Waals surface area contributed by atoms with Crippen LogP contribution in [0.2, 0.25) is 0 Å². The highest BCUT2D eigenvalue weighted by Crippen LogP contribution is 2.28. The van der Waals surface area contributed by atoms with Crippen LogP contribution in [-0.2, 0) is 11.3 Å². The lowest BCUT2D eigenvalue weighted by atomic mass is 10.2. The fourth-order valence-corrected chi connectivity index (χ4v) is 2.59. The molecular formula is C19H19FN2O2. The maximum Gasteiger partial charge on any atom is 0.251 e. The smallest absolute Gasteiger partial charge is 0.251 e. The quantitative estimate of drug-likeness (QED) is 0.887. The molecule has 1 aliphatic carbocycles. The van der Waals surface area contributed by atoms with Crippen LogP contribution in [0.3, 0.4) is 0 Å². The monoisotopic (exact) mass is 326 g/mol. The summed E-state index contributed by atoms with van der Waals surface area (Å²) in [6, 6.07) is 15.2. The Morgan fingerprint density at radius 1 is 1.08 bits per heavy atom. The van der Waals surface area contributed by atoms with Crippen molar-refractivity contribution in [2.45, 2.75) is 25.4 Å². The Kier molecular flexibility index (Phi) is 4.89. The predicted molar refractivity (Wildman–Crippen MR) is 88.7 cm³/mol. The van der Waals surface area contributed by atoms with Crippen LogP contribution in [0.1, 0.15) is 28.8 Å². The van der Waals surface area contributed by atoms with Gasteiger partial charge in [-0.25, -0.2) is 4.39 Å². The molecular weight excluding hydrogens is 307 g/mol. The minimum Gasteiger partial charge on any atom is -0.343 e. The molecule has 5 heteroatoms. The first kappa shape index (κ1) is 16.2. The van der Waals surface area contributed by atoms with Crippen LogP contribution >= 0.6 is 0 Å². The molecule has 0 saturated heterocycles. The van der Waals surface area contributed by atoms with Gasteiger partial charge in [-0.2, -0.15) is 0 Å². The number of halogens is 1. The number of rotatable bonds is 6. The van der Waals surface area contributed by atoms with Crippen molar-refractivity contribution >= 4 is 11.8 Å². The molecule has 0 aromatic heterocycles. The number of amides is 2. The Hall–Kier alpha value is -2.69. The normalized spacial score (nSPS) is 13.4. The molecule has 2 aromatic rings. The van der Waals surface area contributed by atoms with Crippen LogP contribution in [0, 0.1) is 5.82 Å². The molecule has 2 amide bonds. The molecule has 0 aliphatic heterocycles. The minimum atomic E-state index is -0.312. The first-order valence-electron chi connectivity index (χ1n) is 8.00. The molecule has 2 aromatic carbocycles. The fraction of sp³-hybridized carbons (Fsp3) is 0.263. The molecule has 3 rings (SSSR count). The second kappa shape index (κ2) is 7.25. The zero-order valence-corrected chi connectivity index (χ0v) is 13.2. The molecule has 1 saturated carbocycles. The van der Waals surface area contributed by atoms with Gasteiger partial charge >= 0.3 is 0 Å². The number of carbonyl (C=O) groups is 2. The van der Waals surface area contributed by atoms with Gasteiger partial charge in [0.1, 0.15) is 5.82 Å². The molecule has 4 nitrogen and oxygen atoms in total. The maximum atomic E-state index is 13.3. The summed E-state index contributed by atoms with van der Waals surface area (Å²) in [5.74, 6) is -0.732. The molecule has 1 N–H and O–H groups in total. The molecule has 0 bridgehead atoms. The van der Waals surface area contributed by atoms with E-state index >= 15 is 0 Å². The van der Waals surface area contributed by atoms with Crippen molar-refractivity contribution in [2.75, 3.05) is 6.54 Å². The minimum absolute atomic E-state index is 0.0560. The molecule has 0 heterocycles. The Labute approximate surface area is 140 Å². The molecule has 0 atom stereocenters. The van der Waals surface area contributed by atoms with Crippen LogP contribution in [0.15, 0.2) is 54.6 Å². The first-order chi connectivity index (χ1) is 11.6. The second-order valence-corrected chi connectivity index (χ2v) is 5.93. The van der Waals surface area contributed by atoms with E-state index in [4.69, 9.17) is 0 Å². The van der Waals surface area contributed by atoms with Crippen LogP contribution < -0.4 is 5.32 Å². The number of benzene rings is 2. The summed E-state index contributed by atoms with van der Waals surface area (Å²) in [5, 5.41) is 2.65. The van der Waals surface area contributed by atoms with Gasteiger partial charge in [-0.15, -0.1) is 0 Å². The average molecular weight is 326 g/mol. The van der Waals surface area contributed by atoms with Crippen LogP contribution in [-0.4, -0.2) is 29.3 Å². The Balaban J connectivity index is 1.60. The molecule has 124 valence electrons. The van der Waals surface area contributed by atoms with Crippen LogP contribution in [0.4, 0.5) is 4.39 Å². The third-order valence-corrected chi connectivity index (χ3v) is 3.99. The number of nitrogens with zero attached hydrogens (tertiary/aromatic N) is 1. The summed E-state index contributed by atoms with van der Waals surface area (Å²) in [7, 11) is 0. The largest absolute Gasteiger partial charge is 0.343 e. The average Bonchev–Trinajstić information content (AvgIpc) is 3.43. The lowest BCUT2D eigenvalue weighted by Gasteiger charge is -2.23. The van der Waals surface area contributed by atoms with E-state index < -0.39 is 0 Å². The third-order valence-electron chi connectivity index (χ3n) is 3.99. The van der Waals surface area contributed by atoms with E-state index in [0.29, 0.717) is 12.1 Å². The standard InChI is InChI=1S/C19H19FN2O2/c20-16-8-4-5-14(11-16)13-22(17-9-10-17)18(23)12-21-19(24)15-6-2-1-3-7-15/h1-8,11,17H,9-10,12-13H2,(H,21,24). The van der Waals surface area contributed by atoms with E-state index in [1.54, 1.807) is 41.3 Å². The summed E-state index contributed by atoms with van der Waals surface area (Å²) < 4.78 is 13.3. The van der Waals surface area contributed by atoms with E-state index in [2.05, 4.69) is 5.32 Å². The number of nitrogens with one attached hydrogen (secondary N) is 1. The van der Waals surface area contributed by atoms with Crippen LogP contribution in [0.25, 0.3) is 0 Å². The van der Waals surface area contributed by atoms with Crippen molar-refractivity contribution in [3.8, 4) is 0 Å². The van der Waals surface area contributed by atoms with Crippen molar-refractivity contribution in [3.63, 3.8) is 0 Å². The second-order valence-electron chi connectivity index (χ2n) is 5.93. The third kappa shape index (κ3) is 4.19. The summed E-state index contributed by atoms with van der Waals surface area (Å²) in [6.45, 7) is 0.308. The summed E-state index contributed by atoms with van der Waals surface area (Å²) in [5.41, 5.74) is 1.28. The van der Waals surface area contributed by atoms with Gasteiger partial charge in [-0.05, 0) is 42.7 Å². The summed E-state index contributed by atoms with van der Waals surface area (Å²) in [4.78, 5) is 26.2. The van der Waals surface area contributed by atoms with E-state index in [1.807, 2.05) is 6.07 Å². The van der Waals surface area contributed by atoms with Crippen molar-refractivity contribution in [1.82, 2.24) is 10.2 Å². The van der Waals surface area contributed by atoms with Crippen molar-refractivity contribution in [1.29, 1.82) is 0 Å². The van der Waals surface area contributed by atoms with Gasteiger partial charge in [0.05, 0.1) is 6.54 Å². The van der Waals surface area contributed by atoms with E-state index in [9.17, 15) is 14.0 Å². The first-order valence-corrected chi connectivity index (χ1v) is 8.00. The molecule has 24 heavy (non-hydrogen) atoms. The number of hydrogen-bond donors (Lipinski definition) is 1. The predicted octanol–water partition coefficient (Wildman–Crippen LogP) is 2.75. The lowest BCUT2D eigenvalue weighted by molar-refractivity contribution is -0.131. The lowest BCUT2D eigenvalue weighted by Crippen LogP contribution is -2.41. The Morgan fingerprint density at radius 2 is 1.83 bits per heavy atom. The highest BCUT2D eigenvalue weighted by Gasteiger charge is 2.32. The summed E-state index contributed by atoms with van der Waals surface area (Å²) in [6.07, 6.45) is 1.90. The zero-order chi connectivity index (χ0) is 16.9. The molecule has 0 unspecified atom stereocenters. The Bertz CT molecular complexity index is 729. The van der Waals surface area contributed by atoms with Gasteiger partial charge in [0.15, 0.2) is 0 Å². The van der Waals surface area contributed by atoms with Crippen molar-refractivity contribution in [3.05, 3.63) is 71.5 Å². The van der Waals surface area contributed by atoms with Crippen molar-refractivity contribution in [2.24, 2.45) is 0 Å². The van der Waals surface area contributed by atoms with Gasteiger partial charge < -0.3 is 10.2 Å². The van der Waals surface area contributed by atoms with Gasteiger partial charge in [-0.1, -0.05) is 30.3 Å². The van der Waals surface area contributed by atoms with Gasteiger partial charge in [0.25, 0.3) is 5.91 Å². The highest BCUT2D eigenvalue weighted by molar-refractivity contribution is 5.96. The van der Waals surface area contributed by atoms with Gasteiger partial charge in [0.2, 0.25) is 5.91 Å². The highest BCUT2D eigenvalue weighted by atomic mass is 19.1. The van der Waals surface area contributed by atoms with E-state index in [-0.39, 0.29) is 30.2 Å². The van der Waals surface area contributed by atoms with Crippen molar-refractivity contribution < 1.29 is 14.0 Å². The number of carbonyl (C=O) groups excluding carboxylic acids is 2. The summed E-state index contributed by atoms with van der Waals surface area (Å²) >= 11 is 0. The van der Waals surface area contributed by atoms with E-state index in [1.165, 1.54) is 12.1 Å². The molecule has 1 fully saturated rings. The van der Waals surface area contributed by atoms with Crippen LogP contribution in [0.5, 0.6) is 0 Å². The molecule has 1 aliphatic rings. The Morgan fingerprint density at radius 3 is 2.50 bits per heavy atom. The van der Waals surface area contributed by atoms with Gasteiger partial charge in [-0.3, -0.25) is 9.59 Å². The fourth-order valence-electron chi connectivity index (χ4n) is 2.59. The number of hydrogen-bond acceptors (Lipinski definition) is 2. The molecule has 0 radical (unpaired) electrons. The topological polar surface area (TPSA) is 49.4 Å². The van der Waals surface area contributed by atoms with Gasteiger partial charge in [0, 0.05) is 18.2 Å². The zero-order valence-electron chi connectivity index (χ0n) is 13.2.